The van der Waals surface area contributed by atoms with Crippen molar-refractivity contribution >= 4 is 16.1 Å². The van der Waals surface area contributed by atoms with Crippen LogP contribution >= 0.6 is 0 Å². The van der Waals surface area contributed by atoms with Crippen LogP contribution in [0, 0.1) is 0 Å². The normalized spacial score (nSPS) is 10.5. The van der Waals surface area contributed by atoms with Gasteiger partial charge in [0, 0.05) is 5.56 Å². The second-order valence-electron chi connectivity index (χ2n) is 2.44. The van der Waals surface area contributed by atoms with Crippen molar-refractivity contribution in [2.75, 3.05) is 0 Å². The van der Waals surface area contributed by atoms with Gasteiger partial charge >= 0.3 is 29.6 Å². The van der Waals surface area contributed by atoms with Gasteiger partial charge in [-0.05, 0) is 18.2 Å². The number of aromatic carboxylic acids is 1. The van der Waals surface area contributed by atoms with Crippen LogP contribution in [0.1, 0.15) is 10.4 Å². The van der Waals surface area contributed by atoms with E-state index in [9.17, 15) is 18.3 Å². The summed E-state index contributed by atoms with van der Waals surface area (Å²) in [5.41, 5.74) is -0.694. The maximum absolute atomic E-state index is 10.6. The maximum Gasteiger partial charge on any atom is 1.00 e. The first-order valence-corrected chi connectivity index (χ1v) is 4.78. The molecule has 1 rings (SSSR count). The predicted octanol–water partition coefficient (Wildman–Crippen LogP) is -3.99. The molecule has 0 saturated heterocycles. The molecule has 0 bridgehead atoms. The summed E-state index contributed by atoms with van der Waals surface area (Å²) < 4.78 is 29.7. The van der Waals surface area contributed by atoms with Crippen LogP contribution in [0.5, 0.6) is 5.75 Å². The number of aromatic hydroxyl groups is 1. The molecule has 76 valence electrons. The topological polar surface area (TPSA) is 115 Å². The zero-order valence-electron chi connectivity index (χ0n) is 7.67. The molecule has 0 amide bonds. The molecular weight excluding hydrogens is 235 g/mol. The molecule has 6 nitrogen and oxygen atoms in total. The fraction of sp³-hybridized carbons (Fsp3) is 0. The summed E-state index contributed by atoms with van der Waals surface area (Å²) in [6, 6.07) is 2.32. The van der Waals surface area contributed by atoms with E-state index in [1.165, 1.54) is 0 Å². The summed E-state index contributed by atoms with van der Waals surface area (Å²) in [7, 11) is -4.48. The fourth-order valence-corrected chi connectivity index (χ4v) is 1.35. The Morgan fingerprint density at radius 2 is 1.87 bits per heavy atom. The van der Waals surface area contributed by atoms with E-state index >= 15 is 0 Å². The van der Waals surface area contributed by atoms with Gasteiger partial charge in [0.25, 0.3) is 10.1 Å². The largest absolute Gasteiger partial charge is 1.00 e. The SMILES string of the molecule is O=C([O-])c1cc(S(=O)(=O)O)ccc1O.[Na+]. The number of hydrogen-bond donors (Lipinski definition) is 2. The van der Waals surface area contributed by atoms with Gasteiger partial charge in [-0.15, -0.1) is 0 Å². The van der Waals surface area contributed by atoms with Gasteiger partial charge in [0.2, 0.25) is 0 Å². The number of carbonyl (C=O) groups is 1. The first-order valence-electron chi connectivity index (χ1n) is 3.34. The van der Waals surface area contributed by atoms with Crippen molar-refractivity contribution in [1.29, 1.82) is 0 Å². The van der Waals surface area contributed by atoms with Crippen LogP contribution in [0.25, 0.3) is 0 Å². The molecule has 0 saturated carbocycles. The molecule has 2 N–H and O–H groups in total. The van der Waals surface area contributed by atoms with Gasteiger partial charge in [-0.3, -0.25) is 4.55 Å². The monoisotopic (exact) mass is 240 g/mol. The van der Waals surface area contributed by atoms with Gasteiger partial charge in [0.05, 0.1) is 10.9 Å². The standard InChI is InChI=1S/C7H6O6S.Na/c8-6-2-1-4(14(11,12)13)3-5(6)7(9)10;/h1-3,8H,(H,9,10)(H,11,12,13);/q;+1/p-1. The average molecular weight is 240 g/mol. The van der Waals surface area contributed by atoms with Crippen molar-refractivity contribution < 1.29 is 57.5 Å². The number of benzene rings is 1. The Kier molecular flexibility index (Phi) is 4.75. The molecule has 0 unspecified atom stereocenters. The van der Waals surface area contributed by atoms with E-state index in [0.29, 0.717) is 6.07 Å². The van der Waals surface area contributed by atoms with Crippen molar-refractivity contribution in [2.24, 2.45) is 0 Å². The molecule has 0 aliphatic carbocycles. The quantitative estimate of drug-likeness (QED) is 0.402. The average Bonchev–Trinajstić information content (AvgIpc) is 2.02. The van der Waals surface area contributed by atoms with Crippen molar-refractivity contribution in [3.63, 3.8) is 0 Å². The van der Waals surface area contributed by atoms with Crippen LogP contribution in [-0.2, 0) is 10.1 Å². The van der Waals surface area contributed by atoms with E-state index < -0.39 is 32.3 Å². The number of hydrogen-bond acceptors (Lipinski definition) is 5. The van der Waals surface area contributed by atoms with Crippen LogP contribution in [-0.4, -0.2) is 24.0 Å². The van der Waals surface area contributed by atoms with Crippen LogP contribution in [0.15, 0.2) is 23.1 Å². The number of phenols is 1. The first-order chi connectivity index (χ1) is 6.32. The molecule has 8 heteroatoms. The maximum atomic E-state index is 10.6. The van der Waals surface area contributed by atoms with E-state index in [1.807, 2.05) is 0 Å². The molecule has 0 aromatic heterocycles. The van der Waals surface area contributed by atoms with Crippen molar-refractivity contribution in [3.05, 3.63) is 23.8 Å². The number of carbonyl (C=O) groups excluding carboxylic acids is 1. The zero-order valence-corrected chi connectivity index (χ0v) is 10.5. The number of rotatable bonds is 2. The molecule has 0 fully saturated rings. The molecule has 1 aromatic rings. The number of carboxylic acids is 1. The minimum absolute atomic E-state index is 0. The predicted molar refractivity (Wildman–Crippen MR) is 42.3 cm³/mol. The molecule has 0 heterocycles. The smallest absolute Gasteiger partial charge is 0.545 e. The Morgan fingerprint density at radius 3 is 2.27 bits per heavy atom. The van der Waals surface area contributed by atoms with Gasteiger partial charge in [-0.25, -0.2) is 0 Å². The molecule has 0 aliphatic heterocycles. The van der Waals surface area contributed by atoms with Crippen molar-refractivity contribution in [2.45, 2.75) is 4.90 Å². The van der Waals surface area contributed by atoms with E-state index in [4.69, 9.17) is 9.66 Å². The summed E-state index contributed by atoms with van der Waals surface area (Å²) in [5.74, 6) is -2.36. The number of carboxylic acid groups (broad SMARTS) is 1. The van der Waals surface area contributed by atoms with Gasteiger partial charge in [-0.2, -0.15) is 8.42 Å². The molecular formula is C7H5NaO6S. The third-order valence-corrected chi connectivity index (χ3v) is 2.34. The second-order valence-corrected chi connectivity index (χ2v) is 3.86. The third kappa shape index (κ3) is 3.47. The Hall–Kier alpha value is -0.600. The molecule has 0 spiro atoms. The Bertz CT molecular complexity index is 480. The Labute approximate surface area is 108 Å². The van der Waals surface area contributed by atoms with E-state index in [1.54, 1.807) is 0 Å². The van der Waals surface area contributed by atoms with Gasteiger partial charge < -0.3 is 15.0 Å². The molecule has 0 aliphatic rings. The van der Waals surface area contributed by atoms with Gasteiger partial charge in [0.15, 0.2) is 0 Å². The second kappa shape index (κ2) is 4.95. The van der Waals surface area contributed by atoms with Crippen molar-refractivity contribution in [3.8, 4) is 5.75 Å². The summed E-state index contributed by atoms with van der Waals surface area (Å²) >= 11 is 0. The Morgan fingerprint density at radius 1 is 1.33 bits per heavy atom. The Balaban J connectivity index is 0.00000196. The first kappa shape index (κ1) is 14.4. The van der Waals surface area contributed by atoms with Crippen LogP contribution in [0.2, 0.25) is 0 Å². The minimum Gasteiger partial charge on any atom is -0.545 e. The van der Waals surface area contributed by atoms with E-state index in [2.05, 4.69) is 0 Å². The third-order valence-electron chi connectivity index (χ3n) is 1.49. The van der Waals surface area contributed by atoms with Crippen LogP contribution in [0.4, 0.5) is 0 Å². The summed E-state index contributed by atoms with van der Waals surface area (Å²) in [4.78, 5) is 9.74. The van der Waals surface area contributed by atoms with Crippen molar-refractivity contribution in [1.82, 2.24) is 0 Å². The molecule has 0 atom stereocenters. The minimum atomic E-state index is -4.48. The summed E-state index contributed by atoms with van der Waals surface area (Å²) in [6.07, 6.45) is 0. The van der Waals surface area contributed by atoms with Crippen LogP contribution in [0.3, 0.4) is 0 Å². The van der Waals surface area contributed by atoms with Gasteiger partial charge in [-0.1, -0.05) is 0 Å². The summed E-state index contributed by atoms with van der Waals surface area (Å²) in [6.45, 7) is 0. The van der Waals surface area contributed by atoms with Crippen LogP contribution < -0.4 is 34.7 Å². The molecule has 15 heavy (non-hydrogen) atoms. The molecule has 1 aromatic carbocycles. The zero-order chi connectivity index (χ0) is 10.9. The van der Waals surface area contributed by atoms with E-state index in [0.717, 1.165) is 12.1 Å². The summed E-state index contributed by atoms with van der Waals surface area (Å²) in [5, 5.41) is 19.3. The fourth-order valence-electron chi connectivity index (χ4n) is 0.839. The van der Waals surface area contributed by atoms with E-state index in [-0.39, 0.29) is 29.6 Å². The molecule has 0 radical (unpaired) electrons. The van der Waals surface area contributed by atoms with Gasteiger partial charge in [0.1, 0.15) is 5.75 Å².